The molecular weight excluding hydrogens is 332 g/mol. The van der Waals surface area contributed by atoms with Gasteiger partial charge in [0.2, 0.25) is 10.0 Å². The monoisotopic (exact) mass is 348 g/mol. The van der Waals surface area contributed by atoms with E-state index in [1.54, 1.807) is 0 Å². The molecule has 0 bridgehead atoms. The van der Waals surface area contributed by atoms with Crippen molar-refractivity contribution >= 4 is 43.0 Å². The molecule has 0 aliphatic heterocycles. The lowest BCUT2D eigenvalue weighted by Gasteiger charge is -2.10. The Morgan fingerprint density at radius 1 is 1.04 bits per heavy atom. The summed E-state index contributed by atoms with van der Waals surface area (Å²) in [6.07, 6.45) is 1.26. The minimum absolute atomic E-state index is 0.0574. The first-order valence-corrected chi connectivity index (χ1v) is 9.34. The first kappa shape index (κ1) is 15.7. The van der Waals surface area contributed by atoms with Crippen molar-refractivity contribution in [1.29, 1.82) is 0 Å². The summed E-state index contributed by atoms with van der Waals surface area (Å²) in [7, 11) is -3.68. The Hall–Kier alpha value is -2.16. The minimum Gasteiger partial charge on any atom is -0.383 e. The number of benzene rings is 2. The maximum Gasteiger partial charge on any atom is 0.249 e. The number of anilines is 2. The van der Waals surface area contributed by atoms with Crippen LogP contribution < -0.4 is 15.8 Å². The molecule has 0 saturated carbocycles. The highest BCUT2D eigenvalue weighted by atomic mass is 32.2. The fourth-order valence-corrected chi connectivity index (χ4v) is 3.70. The zero-order valence-electron chi connectivity index (χ0n) is 12.2. The van der Waals surface area contributed by atoms with Gasteiger partial charge in [-0.25, -0.2) is 18.5 Å². The van der Waals surface area contributed by atoms with E-state index in [-0.39, 0.29) is 4.21 Å². The predicted octanol–water partition coefficient (Wildman–Crippen LogP) is 2.47. The van der Waals surface area contributed by atoms with E-state index in [9.17, 15) is 8.42 Å². The maximum atomic E-state index is 11.2. The second-order valence-electron chi connectivity index (χ2n) is 4.91. The number of aromatic nitrogens is 1. The SMILES string of the molecule is NS(=O)(=O)c1cnc(NCCNc2cccc3ccccc23)s1. The number of thiazole rings is 1. The summed E-state index contributed by atoms with van der Waals surface area (Å²) in [4.78, 5) is 4.00. The topological polar surface area (TPSA) is 97.1 Å². The van der Waals surface area contributed by atoms with Crippen molar-refractivity contribution in [2.75, 3.05) is 23.7 Å². The van der Waals surface area contributed by atoms with Gasteiger partial charge < -0.3 is 10.6 Å². The van der Waals surface area contributed by atoms with Crippen molar-refractivity contribution < 1.29 is 8.42 Å². The fourth-order valence-electron chi connectivity index (χ4n) is 2.22. The number of nitrogens with zero attached hydrogens (tertiary/aromatic N) is 1. The number of primary sulfonamides is 1. The number of fused-ring (bicyclic) bond motifs is 1. The molecule has 0 aliphatic carbocycles. The van der Waals surface area contributed by atoms with Crippen LogP contribution in [0.1, 0.15) is 0 Å². The third kappa shape index (κ3) is 3.79. The largest absolute Gasteiger partial charge is 0.383 e. The molecule has 8 heteroatoms. The van der Waals surface area contributed by atoms with Crippen molar-refractivity contribution in [3.05, 3.63) is 48.7 Å². The quantitative estimate of drug-likeness (QED) is 0.595. The molecule has 2 aromatic carbocycles. The smallest absolute Gasteiger partial charge is 0.249 e. The first-order chi connectivity index (χ1) is 11.0. The maximum absolute atomic E-state index is 11.2. The van der Waals surface area contributed by atoms with Gasteiger partial charge in [-0.2, -0.15) is 0 Å². The standard InChI is InChI=1S/C15H16N4O2S2/c16-23(20,21)14-10-19-15(22-14)18-9-8-17-13-7-3-5-11-4-1-2-6-12(11)13/h1-7,10,17H,8-9H2,(H,18,19)(H2,16,20,21). The third-order valence-electron chi connectivity index (χ3n) is 3.27. The third-order valence-corrected chi connectivity index (χ3v) is 5.63. The molecule has 120 valence electrons. The zero-order chi connectivity index (χ0) is 16.3. The number of nitrogens with one attached hydrogen (secondary N) is 2. The molecular formula is C15H16N4O2S2. The van der Waals surface area contributed by atoms with E-state index in [0.717, 1.165) is 17.0 Å². The summed E-state index contributed by atoms with van der Waals surface area (Å²) in [5.74, 6) is 0. The lowest BCUT2D eigenvalue weighted by molar-refractivity contribution is 0.599. The summed E-state index contributed by atoms with van der Waals surface area (Å²) in [5.41, 5.74) is 1.06. The average Bonchev–Trinajstić information content (AvgIpc) is 3.01. The van der Waals surface area contributed by atoms with Crippen LogP contribution in [0, 0.1) is 0 Å². The van der Waals surface area contributed by atoms with E-state index in [0.29, 0.717) is 18.2 Å². The molecule has 0 aliphatic rings. The second-order valence-corrected chi connectivity index (χ2v) is 7.73. The summed E-state index contributed by atoms with van der Waals surface area (Å²) in [6, 6.07) is 14.3. The summed E-state index contributed by atoms with van der Waals surface area (Å²) < 4.78 is 22.4. The van der Waals surface area contributed by atoms with Crippen molar-refractivity contribution in [3.63, 3.8) is 0 Å². The molecule has 0 unspecified atom stereocenters. The summed E-state index contributed by atoms with van der Waals surface area (Å²) >= 11 is 1.03. The molecule has 1 aromatic heterocycles. The Labute approximate surface area is 138 Å². The molecule has 0 spiro atoms. The van der Waals surface area contributed by atoms with Crippen LogP contribution >= 0.6 is 11.3 Å². The van der Waals surface area contributed by atoms with Crippen LogP contribution in [0.4, 0.5) is 10.8 Å². The van der Waals surface area contributed by atoms with Crippen LogP contribution in [-0.4, -0.2) is 26.5 Å². The number of nitrogens with two attached hydrogens (primary N) is 1. The Morgan fingerprint density at radius 2 is 1.78 bits per heavy atom. The fraction of sp³-hybridized carbons (Fsp3) is 0.133. The van der Waals surface area contributed by atoms with Crippen LogP contribution in [0.2, 0.25) is 0 Å². The Morgan fingerprint density at radius 3 is 2.57 bits per heavy atom. The predicted molar refractivity (Wildman–Crippen MR) is 94.4 cm³/mol. The van der Waals surface area contributed by atoms with Gasteiger partial charge in [0.05, 0.1) is 6.20 Å². The van der Waals surface area contributed by atoms with Gasteiger partial charge in [-0.05, 0) is 11.5 Å². The van der Waals surface area contributed by atoms with Crippen LogP contribution in [-0.2, 0) is 10.0 Å². The Bertz CT molecular complexity index is 917. The van der Waals surface area contributed by atoms with E-state index in [1.165, 1.54) is 17.0 Å². The van der Waals surface area contributed by atoms with Crippen LogP contribution in [0.5, 0.6) is 0 Å². The van der Waals surface area contributed by atoms with Gasteiger partial charge in [-0.15, -0.1) is 0 Å². The van der Waals surface area contributed by atoms with Crippen molar-refractivity contribution in [2.24, 2.45) is 5.14 Å². The molecule has 0 amide bonds. The van der Waals surface area contributed by atoms with Crippen LogP contribution in [0.15, 0.2) is 52.9 Å². The molecule has 0 saturated heterocycles. The van der Waals surface area contributed by atoms with Crippen molar-refractivity contribution in [1.82, 2.24) is 4.98 Å². The highest BCUT2D eigenvalue weighted by Crippen LogP contribution is 2.23. The van der Waals surface area contributed by atoms with E-state index in [4.69, 9.17) is 5.14 Å². The van der Waals surface area contributed by atoms with E-state index >= 15 is 0 Å². The number of rotatable bonds is 6. The molecule has 0 fully saturated rings. The molecule has 3 aromatic rings. The van der Waals surface area contributed by atoms with Gasteiger partial charge in [-0.1, -0.05) is 47.7 Å². The molecule has 1 heterocycles. The van der Waals surface area contributed by atoms with Gasteiger partial charge in [0.1, 0.15) is 0 Å². The molecule has 23 heavy (non-hydrogen) atoms. The zero-order valence-corrected chi connectivity index (χ0v) is 13.8. The lowest BCUT2D eigenvalue weighted by atomic mass is 10.1. The first-order valence-electron chi connectivity index (χ1n) is 6.98. The Balaban J connectivity index is 1.58. The van der Waals surface area contributed by atoms with Gasteiger partial charge in [0.25, 0.3) is 0 Å². The van der Waals surface area contributed by atoms with Crippen LogP contribution in [0.3, 0.4) is 0 Å². The van der Waals surface area contributed by atoms with Gasteiger partial charge >= 0.3 is 0 Å². The van der Waals surface area contributed by atoms with Gasteiger partial charge in [0.15, 0.2) is 9.34 Å². The lowest BCUT2D eigenvalue weighted by Crippen LogP contribution is -2.13. The highest BCUT2D eigenvalue weighted by molar-refractivity contribution is 7.91. The minimum atomic E-state index is -3.68. The normalized spacial score (nSPS) is 11.5. The molecule has 4 N–H and O–H groups in total. The highest BCUT2D eigenvalue weighted by Gasteiger charge is 2.12. The average molecular weight is 348 g/mol. The summed E-state index contributed by atoms with van der Waals surface area (Å²) in [6.45, 7) is 1.29. The van der Waals surface area contributed by atoms with E-state index in [1.807, 2.05) is 24.3 Å². The summed E-state index contributed by atoms with van der Waals surface area (Å²) in [5, 5.41) is 14.4. The van der Waals surface area contributed by atoms with Gasteiger partial charge in [-0.3, -0.25) is 0 Å². The number of sulfonamides is 1. The molecule has 6 nitrogen and oxygen atoms in total. The van der Waals surface area contributed by atoms with Gasteiger partial charge in [0, 0.05) is 24.2 Å². The molecule has 3 rings (SSSR count). The number of hydrogen-bond donors (Lipinski definition) is 3. The molecule has 0 atom stereocenters. The Kier molecular flexibility index (Phi) is 4.46. The number of hydrogen-bond acceptors (Lipinski definition) is 6. The van der Waals surface area contributed by atoms with Crippen molar-refractivity contribution in [3.8, 4) is 0 Å². The molecule has 0 radical (unpaired) electrons. The van der Waals surface area contributed by atoms with E-state index < -0.39 is 10.0 Å². The second kappa shape index (κ2) is 6.53. The van der Waals surface area contributed by atoms with E-state index in [2.05, 4.69) is 33.8 Å². The van der Waals surface area contributed by atoms with Crippen molar-refractivity contribution in [2.45, 2.75) is 4.21 Å². The van der Waals surface area contributed by atoms with Crippen LogP contribution in [0.25, 0.3) is 10.8 Å².